The van der Waals surface area contributed by atoms with Crippen LogP contribution in [0.2, 0.25) is 10.0 Å². The van der Waals surface area contributed by atoms with E-state index >= 15 is 0 Å². The van der Waals surface area contributed by atoms with Gasteiger partial charge in [0.15, 0.2) is 0 Å². The Morgan fingerprint density at radius 3 is 2.30 bits per heavy atom. The number of hydrogen-bond acceptors (Lipinski definition) is 1. The van der Waals surface area contributed by atoms with Crippen LogP contribution in [0, 0.1) is 12.7 Å². The summed E-state index contributed by atoms with van der Waals surface area (Å²) in [6, 6.07) is 10.6. The molecule has 20 heavy (non-hydrogen) atoms. The van der Waals surface area contributed by atoms with Crippen LogP contribution < -0.4 is 5.32 Å². The summed E-state index contributed by atoms with van der Waals surface area (Å²) < 4.78 is 14.2. The van der Waals surface area contributed by atoms with Gasteiger partial charge in [0, 0.05) is 21.7 Å². The molecule has 0 heterocycles. The van der Waals surface area contributed by atoms with Gasteiger partial charge in [-0.05, 0) is 43.7 Å². The van der Waals surface area contributed by atoms with Crippen LogP contribution in [0.4, 0.5) is 4.39 Å². The Labute approximate surface area is 128 Å². The van der Waals surface area contributed by atoms with Crippen molar-refractivity contribution in [2.45, 2.75) is 19.4 Å². The zero-order valence-electron chi connectivity index (χ0n) is 11.4. The molecule has 1 N–H and O–H groups in total. The molecule has 0 bridgehead atoms. The third kappa shape index (κ3) is 3.14. The first-order valence-corrected chi connectivity index (χ1v) is 7.15. The summed E-state index contributed by atoms with van der Waals surface area (Å²) in [7, 11) is 1.80. The zero-order valence-corrected chi connectivity index (χ0v) is 12.9. The highest BCUT2D eigenvalue weighted by atomic mass is 35.5. The van der Waals surface area contributed by atoms with Crippen molar-refractivity contribution in [3.05, 3.63) is 69.0 Å². The molecule has 0 fully saturated rings. The fourth-order valence-electron chi connectivity index (χ4n) is 2.24. The lowest BCUT2D eigenvalue weighted by Crippen LogP contribution is -2.20. The van der Waals surface area contributed by atoms with Crippen molar-refractivity contribution in [3.8, 4) is 0 Å². The monoisotopic (exact) mass is 311 g/mol. The van der Waals surface area contributed by atoms with Gasteiger partial charge in [-0.1, -0.05) is 47.5 Å². The topological polar surface area (TPSA) is 12.0 Å². The number of benzene rings is 2. The number of halogens is 3. The van der Waals surface area contributed by atoms with E-state index in [1.54, 1.807) is 44.3 Å². The van der Waals surface area contributed by atoms with Crippen LogP contribution in [0.25, 0.3) is 0 Å². The fraction of sp³-hybridized carbons (Fsp3) is 0.250. The Balaban J connectivity index is 2.37. The van der Waals surface area contributed by atoms with Crippen molar-refractivity contribution >= 4 is 23.2 Å². The molecule has 1 atom stereocenters. The first kappa shape index (κ1) is 15.3. The lowest BCUT2D eigenvalue weighted by molar-refractivity contribution is 0.530. The quantitative estimate of drug-likeness (QED) is 0.843. The van der Waals surface area contributed by atoms with Gasteiger partial charge in [-0.15, -0.1) is 0 Å². The second-order valence-electron chi connectivity index (χ2n) is 4.72. The van der Waals surface area contributed by atoms with Gasteiger partial charge in [-0.3, -0.25) is 0 Å². The minimum absolute atomic E-state index is 0.174. The number of rotatable bonds is 4. The molecule has 0 radical (unpaired) electrons. The van der Waals surface area contributed by atoms with Crippen LogP contribution >= 0.6 is 23.2 Å². The Morgan fingerprint density at radius 2 is 1.70 bits per heavy atom. The van der Waals surface area contributed by atoms with Crippen molar-refractivity contribution in [3.63, 3.8) is 0 Å². The van der Waals surface area contributed by atoms with Crippen LogP contribution in [-0.4, -0.2) is 7.05 Å². The Bertz CT molecular complexity index is 593. The lowest BCUT2D eigenvalue weighted by atomic mass is 9.97. The first-order chi connectivity index (χ1) is 9.54. The molecule has 2 aromatic carbocycles. The van der Waals surface area contributed by atoms with Crippen LogP contribution in [-0.2, 0) is 6.42 Å². The summed E-state index contributed by atoms with van der Waals surface area (Å²) >= 11 is 12.4. The average molecular weight is 312 g/mol. The fourth-order valence-corrected chi connectivity index (χ4v) is 2.79. The molecule has 0 aromatic heterocycles. The van der Waals surface area contributed by atoms with Crippen LogP contribution in [0.1, 0.15) is 22.7 Å². The number of nitrogens with one attached hydrogen (secondary N) is 1. The van der Waals surface area contributed by atoms with E-state index in [-0.39, 0.29) is 11.9 Å². The predicted octanol–water partition coefficient (Wildman–Crippen LogP) is 4.94. The van der Waals surface area contributed by atoms with Crippen molar-refractivity contribution < 1.29 is 4.39 Å². The number of hydrogen-bond donors (Lipinski definition) is 1. The van der Waals surface area contributed by atoms with Crippen molar-refractivity contribution in [1.29, 1.82) is 0 Å². The van der Waals surface area contributed by atoms with E-state index in [1.807, 2.05) is 6.07 Å². The summed E-state index contributed by atoms with van der Waals surface area (Å²) in [6.07, 6.45) is 0.537. The van der Waals surface area contributed by atoms with Crippen LogP contribution in [0.15, 0.2) is 36.4 Å². The van der Waals surface area contributed by atoms with E-state index in [0.717, 1.165) is 5.56 Å². The van der Waals surface area contributed by atoms with Gasteiger partial charge in [-0.2, -0.15) is 0 Å². The second kappa shape index (κ2) is 6.57. The molecular formula is C16H16Cl2FN. The first-order valence-electron chi connectivity index (χ1n) is 6.39. The largest absolute Gasteiger partial charge is 0.313 e. The number of likely N-dealkylation sites (N-methyl/N-ethyl adjacent to an activating group) is 1. The van der Waals surface area contributed by atoms with Gasteiger partial charge >= 0.3 is 0 Å². The third-order valence-corrected chi connectivity index (χ3v) is 4.12. The highest BCUT2D eigenvalue weighted by molar-refractivity contribution is 6.36. The minimum Gasteiger partial charge on any atom is -0.313 e. The molecule has 1 unspecified atom stereocenters. The Hall–Kier alpha value is -1.09. The third-order valence-electron chi connectivity index (χ3n) is 3.42. The summed E-state index contributed by atoms with van der Waals surface area (Å²) in [5, 5.41) is 4.34. The lowest BCUT2D eigenvalue weighted by Gasteiger charge is -2.19. The van der Waals surface area contributed by atoms with E-state index in [1.165, 1.54) is 0 Å². The van der Waals surface area contributed by atoms with E-state index in [0.29, 0.717) is 27.6 Å². The van der Waals surface area contributed by atoms with Gasteiger partial charge in [0.05, 0.1) is 0 Å². The zero-order chi connectivity index (χ0) is 14.7. The summed E-state index contributed by atoms with van der Waals surface area (Å²) in [5.74, 6) is -0.185. The summed E-state index contributed by atoms with van der Waals surface area (Å²) in [4.78, 5) is 0. The normalized spacial score (nSPS) is 12.4. The molecule has 2 aromatic rings. The molecule has 0 aliphatic rings. The molecule has 0 saturated heterocycles. The van der Waals surface area contributed by atoms with Crippen molar-refractivity contribution in [1.82, 2.24) is 5.32 Å². The van der Waals surface area contributed by atoms with Crippen molar-refractivity contribution in [2.24, 2.45) is 0 Å². The number of aryl methyl sites for hydroxylation is 1. The Morgan fingerprint density at radius 1 is 1.10 bits per heavy atom. The maximum absolute atomic E-state index is 14.2. The molecular weight excluding hydrogens is 296 g/mol. The molecule has 0 amide bonds. The highest BCUT2D eigenvalue weighted by Crippen LogP contribution is 2.30. The van der Waals surface area contributed by atoms with Gasteiger partial charge < -0.3 is 5.32 Å². The molecule has 1 nitrogen and oxygen atoms in total. The SMILES string of the molecule is CNC(Cc1c(Cl)cccc1Cl)c1cccc(C)c1F. The van der Waals surface area contributed by atoms with E-state index in [9.17, 15) is 4.39 Å². The molecule has 0 aliphatic carbocycles. The molecule has 0 saturated carbocycles. The van der Waals surface area contributed by atoms with E-state index in [2.05, 4.69) is 5.32 Å². The smallest absolute Gasteiger partial charge is 0.130 e. The van der Waals surface area contributed by atoms with Gasteiger partial charge in [0.1, 0.15) is 5.82 Å². The highest BCUT2D eigenvalue weighted by Gasteiger charge is 2.18. The second-order valence-corrected chi connectivity index (χ2v) is 5.54. The van der Waals surface area contributed by atoms with E-state index < -0.39 is 0 Å². The Kier molecular flexibility index (Phi) is 5.03. The van der Waals surface area contributed by atoms with Gasteiger partial charge in [0.25, 0.3) is 0 Å². The molecule has 2 rings (SSSR count). The molecule has 0 spiro atoms. The summed E-state index contributed by atoms with van der Waals surface area (Å²) in [5.41, 5.74) is 2.09. The summed E-state index contributed by atoms with van der Waals surface area (Å²) in [6.45, 7) is 1.76. The van der Waals surface area contributed by atoms with Crippen LogP contribution in [0.5, 0.6) is 0 Å². The van der Waals surface area contributed by atoms with Crippen LogP contribution in [0.3, 0.4) is 0 Å². The standard InChI is InChI=1S/C16H16Cl2FN/c1-10-5-3-6-11(16(10)19)15(20-2)9-12-13(17)7-4-8-14(12)18/h3-8,15,20H,9H2,1-2H3. The minimum atomic E-state index is -0.185. The maximum atomic E-state index is 14.2. The maximum Gasteiger partial charge on any atom is 0.130 e. The molecule has 4 heteroatoms. The van der Waals surface area contributed by atoms with E-state index in [4.69, 9.17) is 23.2 Å². The van der Waals surface area contributed by atoms with Gasteiger partial charge in [0.2, 0.25) is 0 Å². The van der Waals surface area contributed by atoms with Gasteiger partial charge in [-0.25, -0.2) is 4.39 Å². The van der Waals surface area contributed by atoms with Crippen molar-refractivity contribution in [2.75, 3.05) is 7.05 Å². The predicted molar refractivity (Wildman–Crippen MR) is 83.1 cm³/mol. The molecule has 0 aliphatic heterocycles. The average Bonchev–Trinajstić information content (AvgIpc) is 2.42. The molecule has 106 valence electrons.